The van der Waals surface area contributed by atoms with Gasteiger partial charge in [-0.25, -0.2) is 0 Å². The highest BCUT2D eigenvalue weighted by atomic mass is 16.7. The van der Waals surface area contributed by atoms with Gasteiger partial charge in [0.15, 0.2) is 5.79 Å². The van der Waals surface area contributed by atoms with Gasteiger partial charge >= 0.3 is 0 Å². The zero-order valence-electron chi connectivity index (χ0n) is 11.9. The first-order chi connectivity index (χ1) is 7.87. The third-order valence-corrected chi connectivity index (χ3v) is 3.40. The highest BCUT2D eigenvalue weighted by Crippen LogP contribution is 2.32. The molecule has 17 heavy (non-hydrogen) atoms. The fraction of sp³-hybridized carbons (Fsp3) is 1.00. The molecule has 0 aromatic carbocycles. The molecule has 1 heterocycles. The van der Waals surface area contributed by atoms with Crippen LogP contribution in [0.1, 0.15) is 59.8 Å². The Morgan fingerprint density at radius 1 is 1.12 bits per heavy atom. The smallest absolute Gasteiger partial charge is 0.165 e. The van der Waals surface area contributed by atoms with Crippen molar-refractivity contribution in [3.8, 4) is 0 Å². The monoisotopic (exact) mass is 243 g/mol. The van der Waals surface area contributed by atoms with Gasteiger partial charge in [-0.3, -0.25) is 0 Å². The van der Waals surface area contributed by atoms with E-state index >= 15 is 0 Å². The van der Waals surface area contributed by atoms with Crippen LogP contribution in [0.4, 0.5) is 0 Å². The molecule has 1 aliphatic rings. The summed E-state index contributed by atoms with van der Waals surface area (Å²) in [6, 6.07) is 0.337. The van der Waals surface area contributed by atoms with E-state index < -0.39 is 0 Å². The van der Waals surface area contributed by atoms with E-state index in [-0.39, 0.29) is 11.2 Å². The summed E-state index contributed by atoms with van der Waals surface area (Å²) in [5, 5.41) is 0. The summed E-state index contributed by atoms with van der Waals surface area (Å²) >= 11 is 0. The maximum absolute atomic E-state index is 6.00. The van der Waals surface area contributed by atoms with E-state index in [1.807, 2.05) is 6.92 Å². The van der Waals surface area contributed by atoms with Crippen LogP contribution in [-0.4, -0.2) is 25.0 Å². The van der Waals surface area contributed by atoms with Crippen LogP contribution in [0.5, 0.6) is 0 Å². The molecule has 3 nitrogen and oxygen atoms in total. The second-order valence-corrected chi connectivity index (χ2v) is 6.32. The minimum absolute atomic E-state index is 0.151. The average Bonchev–Trinajstić information content (AvgIpc) is 2.24. The molecular formula is C14H29NO2. The van der Waals surface area contributed by atoms with Crippen LogP contribution in [0.2, 0.25) is 0 Å². The molecule has 1 rings (SSSR count). The van der Waals surface area contributed by atoms with Gasteiger partial charge < -0.3 is 15.2 Å². The van der Waals surface area contributed by atoms with E-state index in [1.165, 1.54) is 6.42 Å². The van der Waals surface area contributed by atoms with Crippen molar-refractivity contribution < 1.29 is 9.47 Å². The van der Waals surface area contributed by atoms with Gasteiger partial charge in [0.05, 0.1) is 13.2 Å². The van der Waals surface area contributed by atoms with Crippen molar-refractivity contribution >= 4 is 0 Å². The second-order valence-electron chi connectivity index (χ2n) is 6.32. The number of hydrogen-bond donors (Lipinski definition) is 1. The SMILES string of the molecule is CCCC(N)CCCC1(C)OCC(C)(C)CO1. The lowest BCUT2D eigenvalue weighted by Gasteiger charge is -2.41. The van der Waals surface area contributed by atoms with Gasteiger partial charge in [-0.15, -0.1) is 0 Å². The highest BCUT2D eigenvalue weighted by molar-refractivity contribution is 4.77. The van der Waals surface area contributed by atoms with Gasteiger partial charge in [-0.2, -0.15) is 0 Å². The average molecular weight is 243 g/mol. The van der Waals surface area contributed by atoms with Crippen LogP contribution < -0.4 is 5.73 Å². The van der Waals surface area contributed by atoms with Crippen molar-refractivity contribution in [2.24, 2.45) is 11.1 Å². The van der Waals surface area contributed by atoms with Crippen LogP contribution in [0.3, 0.4) is 0 Å². The van der Waals surface area contributed by atoms with Crippen LogP contribution in [0, 0.1) is 5.41 Å². The van der Waals surface area contributed by atoms with Gasteiger partial charge in [0.2, 0.25) is 0 Å². The summed E-state index contributed by atoms with van der Waals surface area (Å²) in [5.74, 6) is -0.387. The third kappa shape index (κ3) is 5.36. The van der Waals surface area contributed by atoms with E-state index in [0.29, 0.717) is 6.04 Å². The number of rotatable bonds is 6. The van der Waals surface area contributed by atoms with Crippen molar-refractivity contribution in [3.63, 3.8) is 0 Å². The summed E-state index contributed by atoms with van der Waals surface area (Å²) in [6.07, 6.45) is 5.38. The van der Waals surface area contributed by atoms with Crippen molar-refractivity contribution in [2.45, 2.75) is 71.6 Å². The van der Waals surface area contributed by atoms with Crippen LogP contribution in [-0.2, 0) is 9.47 Å². The Labute approximate surface area is 106 Å². The molecule has 0 aliphatic carbocycles. The molecule has 1 saturated heterocycles. The lowest BCUT2D eigenvalue weighted by atomic mass is 9.94. The summed E-state index contributed by atoms with van der Waals surface area (Å²) in [5.41, 5.74) is 6.16. The quantitative estimate of drug-likeness (QED) is 0.779. The molecule has 0 bridgehead atoms. The van der Waals surface area contributed by atoms with E-state index in [2.05, 4.69) is 20.8 Å². The molecule has 102 valence electrons. The third-order valence-electron chi connectivity index (χ3n) is 3.40. The molecule has 0 aromatic heterocycles. The summed E-state index contributed by atoms with van der Waals surface area (Å²) in [6.45, 7) is 10.1. The molecule has 1 aliphatic heterocycles. The lowest BCUT2D eigenvalue weighted by Crippen LogP contribution is -2.45. The maximum atomic E-state index is 6.00. The van der Waals surface area contributed by atoms with E-state index in [4.69, 9.17) is 15.2 Å². The maximum Gasteiger partial charge on any atom is 0.165 e. The summed E-state index contributed by atoms with van der Waals surface area (Å²) in [4.78, 5) is 0. The molecule has 0 aromatic rings. The summed E-state index contributed by atoms with van der Waals surface area (Å²) in [7, 11) is 0. The number of nitrogens with two attached hydrogens (primary N) is 1. The Morgan fingerprint density at radius 3 is 2.24 bits per heavy atom. The zero-order valence-corrected chi connectivity index (χ0v) is 11.9. The first-order valence-electron chi connectivity index (χ1n) is 6.90. The largest absolute Gasteiger partial charge is 0.350 e. The molecule has 1 fully saturated rings. The zero-order chi connectivity index (χ0) is 12.9. The molecular weight excluding hydrogens is 214 g/mol. The first kappa shape index (κ1) is 14.9. The normalized spacial score (nSPS) is 24.5. The van der Waals surface area contributed by atoms with Crippen molar-refractivity contribution in [3.05, 3.63) is 0 Å². The minimum atomic E-state index is -0.387. The molecule has 1 atom stereocenters. The van der Waals surface area contributed by atoms with Gasteiger partial charge in [-0.05, 0) is 26.2 Å². The Bertz CT molecular complexity index is 218. The van der Waals surface area contributed by atoms with Crippen molar-refractivity contribution in [2.75, 3.05) is 13.2 Å². The van der Waals surface area contributed by atoms with Crippen molar-refractivity contribution in [1.82, 2.24) is 0 Å². The van der Waals surface area contributed by atoms with Crippen LogP contribution in [0.25, 0.3) is 0 Å². The van der Waals surface area contributed by atoms with Gasteiger partial charge in [0.1, 0.15) is 0 Å². The van der Waals surface area contributed by atoms with Gasteiger partial charge in [0, 0.05) is 17.9 Å². The van der Waals surface area contributed by atoms with E-state index in [1.54, 1.807) is 0 Å². The first-order valence-corrected chi connectivity index (χ1v) is 6.90. The molecule has 0 radical (unpaired) electrons. The molecule has 2 N–H and O–H groups in total. The predicted octanol–water partition coefficient (Wildman–Crippen LogP) is 3.07. The molecule has 3 heteroatoms. The highest BCUT2D eigenvalue weighted by Gasteiger charge is 2.36. The molecule has 1 unspecified atom stereocenters. The van der Waals surface area contributed by atoms with Crippen molar-refractivity contribution in [1.29, 1.82) is 0 Å². The molecule has 0 saturated carbocycles. The molecule has 0 spiro atoms. The fourth-order valence-corrected chi connectivity index (χ4v) is 2.12. The Kier molecular flexibility index (Phi) is 5.42. The Hall–Kier alpha value is -0.120. The second kappa shape index (κ2) is 6.17. The van der Waals surface area contributed by atoms with Gasteiger partial charge in [-0.1, -0.05) is 27.2 Å². The summed E-state index contributed by atoms with van der Waals surface area (Å²) < 4.78 is 11.7. The van der Waals surface area contributed by atoms with E-state index in [9.17, 15) is 0 Å². The standard InChI is InChI=1S/C14H29NO2/c1-5-7-12(15)8-6-9-14(4)16-10-13(2,3)11-17-14/h12H,5-11,15H2,1-4H3. The predicted molar refractivity (Wildman–Crippen MR) is 70.8 cm³/mol. The molecule has 0 amide bonds. The Balaban J connectivity index is 2.22. The lowest BCUT2D eigenvalue weighted by molar-refractivity contribution is -0.292. The van der Waals surface area contributed by atoms with Gasteiger partial charge in [0.25, 0.3) is 0 Å². The fourth-order valence-electron chi connectivity index (χ4n) is 2.12. The minimum Gasteiger partial charge on any atom is -0.350 e. The van der Waals surface area contributed by atoms with E-state index in [0.717, 1.165) is 38.9 Å². The topological polar surface area (TPSA) is 44.5 Å². The van der Waals surface area contributed by atoms with Crippen LogP contribution >= 0.6 is 0 Å². The number of hydrogen-bond acceptors (Lipinski definition) is 3. The Morgan fingerprint density at radius 2 is 1.71 bits per heavy atom. The van der Waals surface area contributed by atoms with Crippen LogP contribution in [0.15, 0.2) is 0 Å². The number of ether oxygens (including phenoxy) is 2.